The first-order valence-electron chi connectivity index (χ1n) is 12.6. The van der Waals surface area contributed by atoms with Gasteiger partial charge in [-0.1, -0.05) is 96.3 Å². The van der Waals surface area contributed by atoms with E-state index in [-0.39, 0.29) is 0 Å². The summed E-state index contributed by atoms with van der Waals surface area (Å²) in [6.07, 6.45) is 25.0. The standard InChI is InChI=1S/C27H53N/c1-6-9-11-15-19-23-28(5)24-20-16-13-12-14-18-21-26(4)25-27(8-3)22-17-10-7-2/h6,27H,1,4,7-25H2,2-3,5H3. The minimum atomic E-state index is 0.887. The molecule has 0 aromatic carbocycles. The molecule has 1 heteroatoms. The van der Waals surface area contributed by atoms with E-state index in [1.54, 1.807) is 0 Å². The van der Waals surface area contributed by atoms with Crippen molar-refractivity contribution in [1.82, 2.24) is 4.90 Å². The Labute approximate surface area is 179 Å². The van der Waals surface area contributed by atoms with Crippen LogP contribution in [0.25, 0.3) is 0 Å². The Bertz CT molecular complexity index is 346. The zero-order valence-corrected chi connectivity index (χ0v) is 20.0. The summed E-state index contributed by atoms with van der Waals surface area (Å²) in [6, 6.07) is 0. The molecule has 0 aromatic heterocycles. The van der Waals surface area contributed by atoms with Crippen LogP contribution in [0.3, 0.4) is 0 Å². The third-order valence-corrected chi connectivity index (χ3v) is 6.14. The summed E-state index contributed by atoms with van der Waals surface area (Å²) in [5, 5.41) is 0. The van der Waals surface area contributed by atoms with Gasteiger partial charge in [-0.2, -0.15) is 0 Å². The van der Waals surface area contributed by atoms with Crippen molar-refractivity contribution >= 4 is 0 Å². The Morgan fingerprint density at radius 3 is 2.04 bits per heavy atom. The molecule has 166 valence electrons. The van der Waals surface area contributed by atoms with Crippen molar-refractivity contribution < 1.29 is 0 Å². The molecule has 28 heavy (non-hydrogen) atoms. The summed E-state index contributed by atoms with van der Waals surface area (Å²) in [7, 11) is 2.28. The Morgan fingerprint density at radius 2 is 1.43 bits per heavy atom. The van der Waals surface area contributed by atoms with Crippen LogP contribution in [0.1, 0.15) is 123 Å². The number of unbranched alkanes of at least 4 members (excludes halogenated alkanes) is 10. The normalized spacial score (nSPS) is 12.4. The molecule has 0 fully saturated rings. The van der Waals surface area contributed by atoms with Gasteiger partial charge in [0.15, 0.2) is 0 Å². The monoisotopic (exact) mass is 391 g/mol. The van der Waals surface area contributed by atoms with E-state index in [0.29, 0.717) is 0 Å². The third kappa shape index (κ3) is 18.8. The van der Waals surface area contributed by atoms with Crippen molar-refractivity contribution in [2.75, 3.05) is 20.1 Å². The number of nitrogens with zero attached hydrogens (tertiary/aromatic N) is 1. The SMILES string of the molecule is C=CCCCCCN(C)CCCCCCCCC(=C)CC(CC)CCCCC. The summed E-state index contributed by atoms with van der Waals surface area (Å²) < 4.78 is 0. The van der Waals surface area contributed by atoms with Gasteiger partial charge in [-0.15, -0.1) is 6.58 Å². The van der Waals surface area contributed by atoms with Crippen molar-refractivity contribution in [3.05, 3.63) is 24.8 Å². The van der Waals surface area contributed by atoms with E-state index >= 15 is 0 Å². The minimum absolute atomic E-state index is 0.887. The summed E-state index contributed by atoms with van der Waals surface area (Å²) in [4.78, 5) is 2.52. The van der Waals surface area contributed by atoms with Crippen LogP contribution >= 0.6 is 0 Å². The van der Waals surface area contributed by atoms with Crippen molar-refractivity contribution in [2.45, 2.75) is 123 Å². The Kier molecular flexibility index (Phi) is 20.7. The summed E-state index contributed by atoms with van der Waals surface area (Å²) in [5.74, 6) is 0.887. The second kappa shape index (κ2) is 21.2. The van der Waals surface area contributed by atoms with Gasteiger partial charge in [-0.3, -0.25) is 0 Å². The van der Waals surface area contributed by atoms with Crippen LogP contribution < -0.4 is 0 Å². The molecule has 0 heterocycles. The lowest BCUT2D eigenvalue weighted by Gasteiger charge is -2.16. The fourth-order valence-electron chi connectivity index (χ4n) is 4.07. The second-order valence-corrected chi connectivity index (χ2v) is 9.04. The lowest BCUT2D eigenvalue weighted by atomic mass is 9.90. The number of hydrogen-bond donors (Lipinski definition) is 0. The summed E-state index contributed by atoms with van der Waals surface area (Å²) in [5.41, 5.74) is 1.51. The van der Waals surface area contributed by atoms with E-state index in [4.69, 9.17) is 0 Å². The zero-order valence-electron chi connectivity index (χ0n) is 20.0. The molecule has 0 saturated heterocycles. The molecule has 0 aliphatic rings. The molecule has 0 aliphatic carbocycles. The molecule has 0 radical (unpaired) electrons. The van der Waals surface area contributed by atoms with E-state index in [1.807, 2.05) is 6.08 Å². The quantitative estimate of drug-likeness (QED) is 0.131. The highest BCUT2D eigenvalue weighted by atomic mass is 15.1. The number of allylic oxidation sites excluding steroid dienone is 2. The van der Waals surface area contributed by atoms with Crippen molar-refractivity contribution in [3.8, 4) is 0 Å². The maximum absolute atomic E-state index is 4.37. The molecule has 0 amide bonds. The average molecular weight is 392 g/mol. The molecular weight excluding hydrogens is 338 g/mol. The molecule has 0 saturated carbocycles. The summed E-state index contributed by atoms with van der Waals surface area (Å²) >= 11 is 0. The second-order valence-electron chi connectivity index (χ2n) is 9.04. The largest absolute Gasteiger partial charge is 0.306 e. The average Bonchev–Trinajstić information content (AvgIpc) is 2.69. The summed E-state index contributed by atoms with van der Waals surface area (Å²) in [6.45, 7) is 15.3. The minimum Gasteiger partial charge on any atom is -0.306 e. The van der Waals surface area contributed by atoms with Crippen LogP contribution in [0.15, 0.2) is 24.8 Å². The van der Waals surface area contributed by atoms with E-state index in [9.17, 15) is 0 Å². The lowest BCUT2D eigenvalue weighted by molar-refractivity contribution is 0.315. The van der Waals surface area contributed by atoms with Gasteiger partial charge < -0.3 is 4.90 Å². The predicted octanol–water partition coefficient (Wildman–Crippen LogP) is 8.95. The van der Waals surface area contributed by atoms with Gasteiger partial charge in [0.1, 0.15) is 0 Å². The molecular formula is C27H53N. The van der Waals surface area contributed by atoms with E-state index < -0.39 is 0 Å². The molecule has 0 spiro atoms. The van der Waals surface area contributed by atoms with Crippen molar-refractivity contribution in [3.63, 3.8) is 0 Å². The van der Waals surface area contributed by atoms with E-state index in [1.165, 1.54) is 128 Å². The van der Waals surface area contributed by atoms with Crippen molar-refractivity contribution in [2.24, 2.45) is 5.92 Å². The first-order chi connectivity index (χ1) is 13.6. The maximum atomic E-state index is 4.37. The van der Waals surface area contributed by atoms with Crippen LogP contribution in [0.4, 0.5) is 0 Å². The Morgan fingerprint density at radius 1 is 0.821 bits per heavy atom. The highest BCUT2D eigenvalue weighted by Crippen LogP contribution is 2.24. The van der Waals surface area contributed by atoms with E-state index in [2.05, 4.69) is 39.0 Å². The first-order valence-corrected chi connectivity index (χ1v) is 12.6. The fourth-order valence-corrected chi connectivity index (χ4v) is 4.07. The molecule has 1 nitrogen and oxygen atoms in total. The number of hydrogen-bond acceptors (Lipinski definition) is 1. The van der Waals surface area contributed by atoms with Gasteiger partial charge in [0, 0.05) is 0 Å². The predicted molar refractivity (Wildman–Crippen MR) is 130 cm³/mol. The molecule has 0 N–H and O–H groups in total. The fraction of sp³-hybridized carbons (Fsp3) is 0.852. The molecule has 0 bridgehead atoms. The highest BCUT2D eigenvalue weighted by Gasteiger charge is 2.08. The van der Waals surface area contributed by atoms with Crippen LogP contribution in [0.5, 0.6) is 0 Å². The van der Waals surface area contributed by atoms with Crippen LogP contribution in [-0.2, 0) is 0 Å². The molecule has 1 atom stereocenters. The molecule has 1 unspecified atom stereocenters. The molecule has 0 aromatic rings. The van der Waals surface area contributed by atoms with Crippen LogP contribution in [0.2, 0.25) is 0 Å². The van der Waals surface area contributed by atoms with Gasteiger partial charge in [-0.05, 0) is 71.0 Å². The molecule has 0 rings (SSSR count). The van der Waals surface area contributed by atoms with Gasteiger partial charge in [0.25, 0.3) is 0 Å². The molecule has 0 aliphatic heterocycles. The maximum Gasteiger partial charge on any atom is -0.00218 e. The first kappa shape index (κ1) is 27.4. The Balaban J connectivity index is 3.45. The van der Waals surface area contributed by atoms with Crippen LogP contribution in [-0.4, -0.2) is 25.0 Å². The van der Waals surface area contributed by atoms with E-state index in [0.717, 1.165) is 5.92 Å². The number of rotatable bonds is 22. The third-order valence-electron chi connectivity index (χ3n) is 6.14. The highest BCUT2D eigenvalue weighted by molar-refractivity contribution is 4.95. The van der Waals surface area contributed by atoms with Gasteiger partial charge >= 0.3 is 0 Å². The smallest absolute Gasteiger partial charge is 0.00218 e. The topological polar surface area (TPSA) is 3.24 Å². The van der Waals surface area contributed by atoms with Gasteiger partial charge in [-0.25, -0.2) is 0 Å². The van der Waals surface area contributed by atoms with Gasteiger partial charge in [0.2, 0.25) is 0 Å². The van der Waals surface area contributed by atoms with Crippen LogP contribution in [0, 0.1) is 5.92 Å². The van der Waals surface area contributed by atoms with Crippen molar-refractivity contribution in [1.29, 1.82) is 0 Å². The van der Waals surface area contributed by atoms with Gasteiger partial charge in [0.05, 0.1) is 0 Å². The zero-order chi connectivity index (χ0) is 20.9. The lowest BCUT2D eigenvalue weighted by Crippen LogP contribution is -2.20. The Hall–Kier alpha value is -0.560.